The van der Waals surface area contributed by atoms with Gasteiger partial charge in [-0.25, -0.2) is 0 Å². The lowest BCUT2D eigenvalue weighted by Crippen LogP contribution is -2.03. The van der Waals surface area contributed by atoms with Gasteiger partial charge in [-0.15, -0.1) is 0 Å². The molecule has 20 heavy (non-hydrogen) atoms. The summed E-state index contributed by atoms with van der Waals surface area (Å²) in [6.07, 6.45) is 3.94. The third-order valence-electron chi connectivity index (χ3n) is 3.65. The Hall–Kier alpha value is -1.13. The van der Waals surface area contributed by atoms with Gasteiger partial charge in [-0.3, -0.25) is 0 Å². The molecule has 2 aromatic carbocycles. The third-order valence-corrected chi connectivity index (χ3v) is 5.07. The largest absolute Gasteiger partial charge is 0.0897 e. The quantitative estimate of drug-likeness (QED) is 0.480. The molecule has 0 aliphatic heterocycles. The number of hydrogen-bond donors (Lipinski definition) is 0. The minimum Gasteiger partial charge on any atom is -0.0897 e. The second-order valence-electron chi connectivity index (χ2n) is 5.57. The van der Waals surface area contributed by atoms with Gasteiger partial charge in [-0.2, -0.15) is 0 Å². The van der Waals surface area contributed by atoms with E-state index in [4.69, 9.17) is 0 Å². The molecule has 0 nitrogen and oxygen atoms in total. The summed E-state index contributed by atoms with van der Waals surface area (Å²) in [5.74, 6) is 0.568. The van der Waals surface area contributed by atoms with E-state index in [1.165, 1.54) is 41.0 Å². The highest BCUT2D eigenvalue weighted by Gasteiger charge is 2.10. The maximum atomic E-state index is 2.31. The minimum atomic E-state index is 0.568. The Kier molecular flexibility index (Phi) is 5.80. The zero-order valence-corrected chi connectivity index (χ0v) is 13.8. The highest BCUT2D eigenvalue weighted by Crippen LogP contribution is 2.30. The van der Waals surface area contributed by atoms with Crippen molar-refractivity contribution >= 4 is 13.9 Å². The fraction of sp³-hybridized carbons (Fsp3) is 0.368. The van der Waals surface area contributed by atoms with Gasteiger partial charge < -0.3 is 0 Å². The average molecular weight is 284 g/mol. The summed E-state index contributed by atoms with van der Waals surface area (Å²) in [4.78, 5) is 0. The van der Waals surface area contributed by atoms with Gasteiger partial charge >= 0.3 is 0 Å². The average Bonchev–Trinajstić information content (AvgIpc) is 2.48. The van der Waals surface area contributed by atoms with E-state index >= 15 is 0 Å². The molecule has 0 saturated carbocycles. The zero-order chi connectivity index (χ0) is 14.4. The van der Waals surface area contributed by atoms with Crippen LogP contribution in [0.15, 0.2) is 48.5 Å². The molecule has 2 rings (SSSR count). The van der Waals surface area contributed by atoms with E-state index in [1.54, 1.807) is 0 Å². The molecule has 2 aromatic rings. The van der Waals surface area contributed by atoms with Crippen LogP contribution in [0.4, 0.5) is 0 Å². The van der Waals surface area contributed by atoms with Crippen molar-refractivity contribution in [2.45, 2.75) is 39.5 Å². The molecule has 0 aliphatic carbocycles. The maximum Gasteiger partial charge on any atom is -0.0107 e. The molecule has 0 bridgehead atoms. The van der Waals surface area contributed by atoms with Crippen LogP contribution in [0, 0.1) is 0 Å². The first-order chi connectivity index (χ1) is 9.74. The van der Waals surface area contributed by atoms with Gasteiger partial charge in [0.05, 0.1) is 0 Å². The molecule has 1 heteroatoms. The lowest BCUT2D eigenvalue weighted by molar-refractivity contribution is 0.869. The van der Waals surface area contributed by atoms with Crippen LogP contribution >= 0.6 is 8.58 Å². The van der Waals surface area contributed by atoms with Gasteiger partial charge in [0.2, 0.25) is 0 Å². The molecule has 0 fully saturated rings. The SMILES string of the molecule is CCCCPc1ccccc1-c1ccccc1C(C)C. The van der Waals surface area contributed by atoms with Crippen LogP contribution in [0.5, 0.6) is 0 Å². The number of rotatable bonds is 6. The molecular formula is C19H25P. The second-order valence-corrected chi connectivity index (χ2v) is 6.96. The van der Waals surface area contributed by atoms with E-state index in [9.17, 15) is 0 Å². The van der Waals surface area contributed by atoms with Crippen molar-refractivity contribution in [1.29, 1.82) is 0 Å². The predicted molar refractivity (Wildman–Crippen MR) is 93.7 cm³/mol. The van der Waals surface area contributed by atoms with Crippen molar-refractivity contribution in [1.82, 2.24) is 0 Å². The van der Waals surface area contributed by atoms with Crippen molar-refractivity contribution in [3.63, 3.8) is 0 Å². The van der Waals surface area contributed by atoms with Crippen LogP contribution < -0.4 is 5.30 Å². The molecule has 0 heterocycles. The minimum absolute atomic E-state index is 0.568. The summed E-state index contributed by atoms with van der Waals surface area (Å²) in [6, 6.07) is 17.8. The zero-order valence-electron chi connectivity index (χ0n) is 12.8. The molecule has 0 aliphatic rings. The fourth-order valence-corrected chi connectivity index (χ4v) is 3.94. The van der Waals surface area contributed by atoms with Crippen LogP contribution in [-0.2, 0) is 0 Å². The van der Waals surface area contributed by atoms with E-state index in [-0.39, 0.29) is 0 Å². The Morgan fingerprint density at radius 1 is 0.900 bits per heavy atom. The lowest BCUT2D eigenvalue weighted by atomic mass is 9.93. The fourth-order valence-electron chi connectivity index (χ4n) is 2.52. The first-order valence-electron chi connectivity index (χ1n) is 7.66. The summed E-state index contributed by atoms with van der Waals surface area (Å²) in [5.41, 5.74) is 4.31. The molecule has 0 N–H and O–H groups in total. The van der Waals surface area contributed by atoms with Crippen molar-refractivity contribution < 1.29 is 0 Å². The topological polar surface area (TPSA) is 0 Å². The third kappa shape index (κ3) is 3.70. The standard InChI is InChI=1S/C19H25P/c1-4-5-14-20-19-13-9-8-12-18(19)17-11-7-6-10-16(17)15(2)3/h6-13,15,20H,4-5,14H2,1-3H3. The molecule has 0 saturated heterocycles. The molecule has 0 radical (unpaired) electrons. The smallest absolute Gasteiger partial charge is 0.0107 e. The number of hydrogen-bond acceptors (Lipinski definition) is 0. The summed E-state index contributed by atoms with van der Waals surface area (Å²) in [5, 5.41) is 1.52. The van der Waals surface area contributed by atoms with Gasteiger partial charge in [-0.1, -0.05) is 84.3 Å². The molecule has 0 amide bonds. The Morgan fingerprint density at radius 2 is 1.55 bits per heavy atom. The van der Waals surface area contributed by atoms with E-state index in [0.29, 0.717) is 5.92 Å². The maximum absolute atomic E-state index is 2.31. The van der Waals surface area contributed by atoms with E-state index in [1.807, 2.05) is 0 Å². The normalized spacial score (nSPS) is 11.6. The number of benzene rings is 2. The molecule has 0 spiro atoms. The Balaban J connectivity index is 2.37. The van der Waals surface area contributed by atoms with Crippen LogP contribution in [0.2, 0.25) is 0 Å². The van der Waals surface area contributed by atoms with Gasteiger partial charge in [0, 0.05) is 0 Å². The van der Waals surface area contributed by atoms with Gasteiger partial charge in [0.1, 0.15) is 0 Å². The summed E-state index contributed by atoms with van der Waals surface area (Å²) < 4.78 is 0. The molecule has 0 aromatic heterocycles. The van der Waals surface area contributed by atoms with Crippen molar-refractivity contribution in [3.05, 3.63) is 54.1 Å². The second kappa shape index (κ2) is 7.60. The predicted octanol–water partition coefficient (Wildman–Crippen LogP) is 5.58. The van der Waals surface area contributed by atoms with Crippen LogP contribution in [0.3, 0.4) is 0 Å². The van der Waals surface area contributed by atoms with Crippen molar-refractivity contribution in [3.8, 4) is 11.1 Å². The molecule has 1 atom stereocenters. The van der Waals surface area contributed by atoms with Gasteiger partial charge in [0.15, 0.2) is 0 Å². The van der Waals surface area contributed by atoms with Gasteiger partial charge in [-0.05, 0) is 40.5 Å². The monoisotopic (exact) mass is 284 g/mol. The highest BCUT2D eigenvalue weighted by molar-refractivity contribution is 7.47. The Bertz CT molecular complexity index is 543. The summed E-state index contributed by atoms with van der Waals surface area (Å²) in [6.45, 7) is 6.83. The molecular weight excluding hydrogens is 259 g/mol. The summed E-state index contributed by atoms with van der Waals surface area (Å²) >= 11 is 0. The molecule has 106 valence electrons. The highest BCUT2D eigenvalue weighted by atomic mass is 31.1. The Labute approximate surface area is 125 Å². The van der Waals surface area contributed by atoms with Crippen LogP contribution in [0.1, 0.15) is 45.1 Å². The van der Waals surface area contributed by atoms with Crippen LogP contribution in [-0.4, -0.2) is 6.16 Å². The first kappa shape index (κ1) is 15.3. The van der Waals surface area contributed by atoms with Crippen molar-refractivity contribution in [2.24, 2.45) is 0 Å². The first-order valence-corrected chi connectivity index (χ1v) is 8.87. The van der Waals surface area contributed by atoms with Gasteiger partial charge in [0.25, 0.3) is 0 Å². The van der Waals surface area contributed by atoms with Crippen molar-refractivity contribution in [2.75, 3.05) is 6.16 Å². The lowest BCUT2D eigenvalue weighted by Gasteiger charge is -2.16. The Morgan fingerprint density at radius 3 is 2.25 bits per heavy atom. The van der Waals surface area contributed by atoms with E-state index < -0.39 is 0 Å². The summed E-state index contributed by atoms with van der Waals surface area (Å²) in [7, 11) is 0.926. The van der Waals surface area contributed by atoms with E-state index in [2.05, 4.69) is 69.3 Å². The van der Waals surface area contributed by atoms with Crippen LogP contribution in [0.25, 0.3) is 11.1 Å². The molecule has 1 unspecified atom stereocenters. The number of unbranched alkanes of at least 4 members (excludes halogenated alkanes) is 1. The van der Waals surface area contributed by atoms with E-state index in [0.717, 1.165) is 8.58 Å².